The van der Waals surface area contributed by atoms with Crippen LogP contribution in [0.1, 0.15) is 18.9 Å². The van der Waals surface area contributed by atoms with Crippen molar-refractivity contribution in [2.24, 2.45) is 0 Å². The van der Waals surface area contributed by atoms with Crippen molar-refractivity contribution in [2.45, 2.75) is 18.8 Å². The van der Waals surface area contributed by atoms with Gasteiger partial charge < -0.3 is 9.47 Å². The van der Waals surface area contributed by atoms with Crippen LogP contribution in [0.4, 0.5) is 0 Å². The molecular formula is C13H15ClO3. The Balaban J connectivity index is 2.31. The number of halogens is 1. The molecule has 3 nitrogen and oxygen atoms in total. The van der Waals surface area contributed by atoms with E-state index in [0.717, 1.165) is 5.56 Å². The van der Waals surface area contributed by atoms with Crippen LogP contribution in [0.25, 0.3) is 0 Å². The number of ether oxygens (including phenoxy) is 2. The topological polar surface area (TPSA) is 35.5 Å². The van der Waals surface area contributed by atoms with E-state index in [4.69, 9.17) is 21.1 Å². The van der Waals surface area contributed by atoms with Gasteiger partial charge in [0.15, 0.2) is 0 Å². The first-order valence-electron chi connectivity index (χ1n) is 5.49. The van der Waals surface area contributed by atoms with Crippen LogP contribution in [0.3, 0.4) is 0 Å². The lowest BCUT2D eigenvalue weighted by Crippen LogP contribution is -2.47. The first-order chi connectivity index (χ1) is 8.07. The van der Waals surface area contributed by atoms with Gasteiger partial charge >= 0.3 is 0 Å². The Morgan fingerprint density at radius 3 is 2.65 bits per heavy atom. The normalized spacial score (nSPS) is 17.4. The van der Waals surface area contributed by atoms with Crippen molar-refractivity contribution in [3.8, 4) is 5.75 Å². The third-order valence-electron chi connectivity index (χ3n) is 3.11. The molecule has 1 aromatic carbocycles. The van der Waals surface area contributed by atoms with Gasteiger partial charge in [-0.2, -0.15) is 0 Å². The lowest BCUT2D eigenvalue weighted by Gasteiger charge is -2.41. The van der Waals surface area contributed by atoms with E-state index in [1.807, 2.05) is 18.2 Å². The van der Waals surface area contributed by atoms with E-state index in [9.17, 15) is 4.79 Å². The zero-order chi connectivity index (χ0) is 12.5. The van der Waals surface area contributed by atoms with Crippen LogP contribution in [0.2, 0.25) is 5.02 Å². The fourth-order valence-corrected chi connectivity index (χ4v) is 2.45. The average Bonchev–Trinajstić information content (AvgIpc) is 2.23. The van der Waals surface area contributed by atoms with Crippen LogP contribution in [-0.2, 0) is 14.9 Å². The van der Waals surface area contributed by atoms with Crippen LogP contribution in [-0.4, -0.2) is 26.1 Å². The maximum Gasteiger partial charge on any atom is 0.137 e. The molecule has 4 heteroatoms. The molecule has 1 heterocycles. The molecule has 17 heavy (non-hydrogen) atoms. The Labute approximate surface area is 106 Å². The summed E-state index contributed by atoms with van der Waals surface area (Å²) >= 11 is 6.10. The SMILES string of the molecule is COc1ccc(C2(CC(C)=O)COC2)cc1Cl. The highest BCUT2D eigenvalue weighted by Crippen LogP contribution is 2.39. The van der Waals surface area contributed by atoms with Gasteiger partial charge in [-0.3, -0.25) is 4.79 Å². The van der Waals surface area contributed by atoms with Crippen LogP contribution in [0, 0.1) is 0 Å². The van der Waals surface area contributed by atoms with Crippen molar-refractivity contribution in [1.82, 2.24) is 0 Å². The van der Waals surface area contributed by atoms with Gasteiger partial charge in [-0.05, 0) is 24.6 Å². The van der Waals surface area contributed by atoms with E-state index in [0.29, 0.717) is 30.4 Å². The molecule has 0 radical (unpaired) electrons. The molecule has 1 aliphatic rings. The molecule has 92 valence electrons. The summed E-state index contributed by atoms with van der Waals surface area (Å²) in [5, 5.41) is 0.569. The Kier molecular flexibility index (Phi) is 3.40. The number of hydrogen-bond donors (Lipinski definition) is 0. The monoisotopic (exact) mass is 254 g/mol. The van der Waals surface area contributed by atoms with Gasteiger partial charge in [0.1, 0.15) is 11.5 Å². The molecule has 1 aliphatic heterocycles. The van der Waals surface area contributed by atoms with E-state index in [1.54, 1.807) is 14.0 Å². The lowest BCUT2D eigenvalue weighted by molar-refractivity contribution is -0.125. The summed E-state index contributed by atoms with van der Waals surface area (Å²) in [6.07, 6.45) is 0.496. The highest BCUT2D eigenvalue weighted by atomic mass is 35.5. The second kappa shape index (κ2) is 4.67. The van der Waals surface area contributed by atoms with Crippen molar-refractivity contribution >= 4 is 17.4 Å². The Bertz CT molecular complexity index is 438. The maximum atomic E-state index is 11.3. The third-order valence-corrected chi connectivity index (χ3v) is 3.40. The largest absolute Gasteiger partial charge is 0.495 e. The van der Waals surface area contributed by atoms with Crippen LogP contribution < -0.4 is 4.74 Å². The summed E-state index contributed by atoms with van der Waals surface area (Å²) in [5.74, 6) is 0.814. The fraction of sp³-hybridized carbons (Fsp3) is 0.462. The summed E-state index contributed by atoms with van der Waals surface area (Å²) in [7, 11) is 1.58. The number of rotatable bonds is 4. The number of hydrogen-bond acceptors (Lipinski definition) is 3. The molecular weight excluding hydrogens is 240 g/mol. The molecule has 0 atom stereocenters. The second-order valence-electron chi connectivity index (χ2n) is 4.50. The number of methoxy groups -OCH3 is 1. The van der Waals surface area contributed by atoms with E-state index in [2.05, 4.69) is 0 Å². The van der Waals surface area contributed by atoms with Crippen molar-refractivity contribution < 1.29 is 14.3 Å². The first kappa shape index (κ1) is 12.4. The predicted octanol–water partition coefficient (Wildman–Crippen LogP) is 2.60. The Morgan fingerprint density at radius 1 is 1.53 bits per heavy atom. The lowest BCUT2D eigenvalue weighted by atomic mass is 9.75. The minimum Gasteiger partial charge on any atom is -0.495 e. The van der Waals surface area contributed by atoms with Crippen LogP contribution in [0.15, 0.2) is 18.2 Å². The number of benzene rings is 1. The maximum absolute atomic E-state index is 11.3. The molecule has 1 saturated heterocycles. The van der Waals surface area contributed by atoms with Gasteiger partial charge in [-0.1, -0.05) is 17.7 Å². The summed E-state index contributed by atoms with van der Waals surface area (Å²) in [5.41, 5.74) is 0.853. The summed E-state index contributed by atoms with van der Waals surface area (Å²) in [6.45, 7) is 2.76. The molecule has 0 N–H and O–H groups in total. The molecule has 0 bridgehead atoms. The molecule has 0 aromatic heterocycles. The van der Waals surface area contributed by atoms with Crippen LogP contribution in [0.5, 0.6) is 5.75 Å². The van der Waals surface area contributed by atoms with Gasteiger partial charge in [0.25, 0.3) is 0 Å². The Morgan fingerprint density at radius 2 is 2.24 bits per heavy atom. The van der Waals surface area contributed by atoms with Crippen LogP contribution >= 0.6 is 11.6 Å². The molecule has 0 saturated carbocycles. The number of Topliss-reactive ketones (excluding diaryl/α,β-unsaturated/α-hetero) is 1. The van der Waals surface area contributed by atoms with Gasteiger partial charge in [-0.15, -0.1) is 0 Å². The number of carbonyl (C=O) groups is 1. The molecule has 2 rings (SSSR count). The quantitative estimate of drug-likeness (QED) is 0.829. The van der Waals surface area contributed by atoms with Crippen molar-refractivity contribution in [3.63, 3.8) is 0 Å². The predicted molar refractivity (Wildman–Crippen MR) is 65.8 cm³/mol. The highest BCUT2D eigenvalue weighted by Gasteiger charge is 2.41. The van der Waals surface area contributed by atoms with E-state index < -0.39 is 0 Å². The highest BCUT2D eigenvalue weighted by molar-refractivity contribution is 6.32. The number of carbonyl (C=O) groups excluding carboxylic acids is 1. The van der Waals surface area contributed by atoms with Gasteiger partial charge in [0.05, 0.1) is 25.3 Å². The van der Waals surface area contributed by atoms with E-state index in [-0.39, 0.29) is 11.2 Å². The van der Waals surface area contributed by atoms with Crippen molar-refractivity contribution in [2.75, 3.05) is 20.3 Å². The molecule has 1 fully saturated rings. The molecule has 1 aromatic rings. The average molecular weight is 255 g/mol. The zero-order valence-electron chi connectivity index (χ0n) is 9.96. The smallest absolute Gasteiger partial charge is 0.137 e. The van der Waals surface area contributed by atoms with Gasteiger partial charge in [0, 0.05) is 11.8 Å². The van der Waals surface area contributed by atoms with Gasteiger partial charge in [-0.25, -0.2) is 0 Å². The van der Waals surface area contributed by atoms with E-state index in [1.165, 1.54) is 0 Å². The number of ketones is 1. The fourth-order valence-electron chi connectivity index (χ4n) is 2.19. The summed E-state index contributed by atoms with van der Waals surface area (Å²) in [6, 6.07) is 5.65. The minimum atomic E-state index is -0.193. The first-order valence-corrected chi connectivity index (χ1v) is 5.86. The van der Waals surface area contributed by atoms with Crippen molar-refractivity contribution in [1.29, 1.82) is 0 Å². The molecule has 0 amide bonds. The van der Waals surface area contributed by atoms with Gasteiger partial charge in [0.2, 0.25) is 0 Å². The zero-order valence-corrected chi connectivity index (χ0v) is 10.7. The molecule has 0 unspecified atom stereocenters. The summed E-state index contributed by atoms with van der Waals surface area (Å²) < 4.78 is 10.4. The molecule has 0 spiro atoms. The second-order valence-corrected chi connectivity index (χ2v) is 4.91. The third kappa shape index (κ3) is 2.31. The standard InChI is InChI=1S/C13H15ClO3/c1-9(15)6-13(7-17-8-13)10-3-4-12(16-2)11(14)5-10/h3-5H,6-8H2,1-2H3. The van der Waals surface area contributed by atoms with E-state index >= 15 is 0 Å². The molecule has 0 aliphatic carbocycles. The summed E-state index contributed by atoms with van der Waals surface area (Å²) in [4.78, 5) is 11.3. The van der Waals surface area contributed by atoms with Crippen molar-refractivity contribution in [3.05, 3.63) is 28.8 Å². The Hall–Kier alpha value is -1.06. The minimum absolute atomic E-state index is 0.167.